The molecule has 0 unspecified atom stereocenters. The summed E-state index contributed by atoms with van der Waals surface area (Å²) in [5.41, 5.74) is 5.78. The van der Waals surface area contributed by atoms with Crippen LogP contribution >= 0.6 is 0 Å². The Morgan fingerprint density at radius 3 is 2.16 bits per heavy atom. The molecular formula is C32H19N3O2. The lowest BCUT2D eigenvalue weighted by Crippen LogP contribution is -2.11. The Hall–Kier alpha value is -5.16. The molecule has 4 heterocycles. The first-order valence-corrected chi connectivity index (χ1v) is 12.2. The first kappa shape index (κ1) is 20.1. The van der Waals surface area contributed by atoms with E-state index in [2.05, 4.69) is 70.5 Å². The zero-order valence-electron chi connectivity index (χ0n) is 19.6. The molecule has 4 aromatic carbocycles. The topological polar surface area (TPSA) is 55.3 Å². The number of rotatable bonds is 3. The lowest BCUT2D eigenvalue weighted by atomic mass is 10.1. The predicted octanol–water partition coefficient (Wildman–Crippen LogP) is 8.90. The molecule has 0 aliphatic rings. The molecule has 0 radical (unpaired) electrons. The third-order valence-corrected chi connectivity index (χ3v) is 6.97. The Kier molecular flexibility index (Phi) is 4.16. The van der Waals surface area contributed by atoms with Crippen LogP contribution in [0.4, 0.5) is 17.1 Å². The van der Waals surface area contributed by atoms with Crippen LogP contribution in [0.1, 0.15) is 0 Å². The Morgan fingerprint density at radius 1 is 0.541 bits per heavy atom. The highest BCUT2D eigenvalue weighted by Crippen LogP contribution is 2.43. The quantitative estimate of drug-likeness (QED) is 0.254. The van der Waals surface area contributed by atoms with Gasteiger partial charge in [-0.3, -0.25) is 0 Å². The Morgan fingerprint density at radius 2 is 1.27 bits per heavy atom. The summed E-state index contributed by atoms with van der Waals surface area (Å²) in [6.45, 7) is 0. The van der Waals surface area contributed by atoms with Crippen molar-refractivity contribution in [2.75, 3.05) is 4.90 Å². The van der Waals surface area contributed by atoms with E-state index in [4.69, 9.17) is 13.8 Å². The van der Waals surface area contributed by atoms with Gasteiger partial charge in [0.1, 0.15) is 11.2 Å². The van der Waals surface area contributed by atoms with Gasteiger partial charge in [-0.15, -0.1) is 0 Å². The summed E-state index contributed by atoms with van der Waals surface area (Å²) in [6.07, 6.45) is 3.67. The first-order valence-electron chi connectivity index (χ1n) is 12.2. The molecule has 0 aliphatic carbocycles. The molecule has 0 N–H and O–H groups in total. The van der Waals surface area contributed by atoms with E-state index in [0.29, 0.717) is 11.4 Å². The zero-order valence-corrected chi connectivity index (χ0v) is 19.6. The second-order valence-electron chi connectivity index (χ2n) is 9.12. The number of nitrogens with zero attached hydrogens (tertiary/aromatic N) is 3. The normalized spacial score (nSPS) is 11.8. The minimum atomic E-state index is 0.604. The monoisotopic (exact) mass is 477 g/mol. The van der Waals surface area contributed by atoms with Crippen LogP contribution < -0.4 is 4.90 Å². The van der Waals surface area contributed by atoms with Gasteiger partial charge in [-0.1, -0.05) is 66.7 Å². The van der Waals surface area contributed by atoms with Gasteiger partial charge in [0.05, 0.1) is 28.3 Å². The molecule has 0 saturated carbocycles. The Bertz CT molecular complexity index is 2120. The fraction of sp³-hybridized carbons (Fsp3) is 0. The van der Waals surface area contributed by atoms with Crippen LogP contribution in [-0.4, -0.2) is 9.97 Å². The number of furan rings is 2. The smallest absolute Gasteiger partial charge is 0.229 e. The number of fused-ring (bicyclic) bond motifs is 7. The molecule has 0 spiro atoms. The minimum absolute atomic E-state index is 0.604. The highest BCUT2D eigenvalue weighted by Gasteiger charge is 2.21. The van der Waals surface area contributed by atoms with Crippen LogP contribution in [-0.2, 0) is 0 Å². The molecule has 0 amide bonds. The molecule has 8 aromatic rings. The molecule has 0 fully saturated rings. The summed E-state index contributed by atoms with van der Waals surface area (Å²) < 4.78 is 12.1. The van der Waals surface area contributed by atoms with Gasteiger partial charge < -0.3 is 13.7 Å². The fourth-order valence-electron chi connectivity index (χ4n) is 5.28. The van der Waals surface area contributed by atoms with Gasteiger partial charge >= 0.3 is 0 Å². The average molecular weight is 478 g/mol. The lowest BCUT2D eigenvalue weighted by Gasteiger charge is -2.26. The van der Waals surface area contributed by atoms with Gasteiger partial charge in [0, 0.05) is 22.7 Å². The third kappa shape index (κ3) is 3.04. The maximum atomic E-state index is 6.13. The van der Waals surface area contributed by atoms with Gasteiger partial charge in [0.25, 0.3) is 0 Å². The summed E-state index contributed by atoms with van der Waals surface area (Å²) in [5, 5.41) is 6.35. The molecular weight excluding hydrogens is 458 g/mol. The molecule has 8 rings (SSSR count). The third-order valence-electron chi connectivity index (χ3n) is 6.97. The average Bonchev–Trinajstić information content (AvgIpc) is 3.52. The van der Waals surface area contributed by atoms with Crippen molar-refractivity contribution in [1.29, 1.82) is 0 Å². The summed E-state index contributed by atoms with van der Waals surface area (Å²) in [5.74, 6) is 0. The van der Waals surface area contributed by atoms with Crippen molar-refractivity contribution in [2.45, 2.75) is 0 Å². The van der Waals surface area contributed by atoms with Crippen LogP contribution in [0.2, 0.25) is 0 Å². The van der Waals surface area contributed by atoms with Crippen molar-refractivity contribution >= 4 is 72.0 Å². The van der Waals surface area contributed by atoms with E-state index >= 15 is 0 Å². The molecule has 37 heavy (non-hydrogen) atoms. The number of hydrogen-bond acceptors (Lipinski definition) is 5. The van der Waals surface area contributed by atoms with Crippen LogP contribution in [0.5, 0.6) is 0 Å². The van der Waals surface area contributed by atoms with E-state index in [0.717, 1.165) is 55.2 Å². The van der Waals surface area contributed by atoms with Crippen LogP contribution in [0.15, 0.2) is 124 Å². The largest absolute Gasteiger partial charge is 0.438 e. The van der Waals surface area contributed by atoms with Crippen LogP contribution in [0, 0.1) is 0 Å². The predicted molar refractivity (Wildman–Crippen MR) is 149 cm³/mol. The van der Waals surface area contributed by atoms with Gasteiger partial charge in [0.15, 0.2) is 0 Å². The fourth-order valence-corrected chi connectivity index (χ4v) is 5.28. The number of pyridine rings is 2. The highest BCUT2D eigenvalue weighted by atomic mass is 16.3. The van der Waals surface area contributed by atoms with E-state index in [1.165, 1.54) is 5.39 Å². The summed E-state index contributed by atoms with van der Waals surface area (Å²) in [7, 11) is 0. The van der Waals surface area contributed by atoms with Crippen molar-refractivity contribution in [2.24, 2.45) is 0 Å². The molecule has 0 aliphatic heterocycles. The number of aromatic nitrogens is 2. The van der Waals surface area contributed by atoms with Gasteiger partial charge in [-0.2, -0.15) is 0 Å². The van der Waals surface area contributed by atoms with Crippen molar-refractivity contribution < 1.29 is 8.83 Å². The Labute approximate surface area is 211 Å². The van der Waals surface area contributed by atoms with Crippen molar-refractivity contribution in [3.8, 4) is 0 Å². The van der Waals surface area contributed by atoms with Crippen molar-refractivity contribution in [3.63, 3.8) is 0 Å². The number of anilines is 3. The maximum absolute atomic E-state index is 6.13. The molecule has 5 heteroatoms. The summed E-state index contributed by atoms with van der Waals surface area (Å²) >= 11 is 0. The van der Waals surface area contributed by atoms with Crippen LogP contribution in [0.3, 0.4) is 0 Å². The standard InChI is InChI=1S/C32H19N3O2/c1-2-8-21-17-22(14-13-20(21)7-1)35(23-18-26-24-9-3-5-11-28(24)36-31(26)34-19-23)27-15-16-33-32-30(27)25-10-4-6-12-29(25)37-32/h1-19H. The van der Waals surface area contributed by atoms with Gasteiger partial charge in [0.2, 0.25) is 11.4 Å². The Balaban J connectivity index is 1.45. The van der Waals surface area contributed by atoms with Gasteiger partial charge in [-0.05, 0) is 47.2 Å². The minimum Gasteiger partial charge on any atom is -0.438 e. The van der Waals surface area contributed by atoms with Crippen molar-refractivity contribution in [3.05, 3.63) is 116 Å². The SMILES string of the molecule is c1ccc2cc(N(c3cnc4oc5ccccc5c4c3)c3ccnc4oc5ccccc5c34)ccc2c1. The molecule has 0 bridgehead atoms. The van der Waals surface area contributed by atoms with Gasteiger partial charge in [-0.25, -0.2) is 9.97 Å². The number of benzene rings is 4. The summed E-state index contributed by atoms with van der Waals surface area (Å²) in [6, 6.07) is 35.2. The van der Waals surface area contributed by atoms with E-state index in [1.54, 1.807) is 6.20 Å². The number of hydrogen-bond donors (Lipinski definition) is 0. The maximum Gasteiger partial charge on any atom is 0.229 e. The lowest BCUT2D eigenvalue weighted by molar-refractivity contribution is 0.653. The highest BCUT2D eigenvalue weighted by molar-refractivity contribution is 6.13. The number of para-hydroxylation sites is 2. The molecule has 0 atom stereocenters. The van der Waals surface area contributed by atoms with E-state index in [1.807, 2.05) is 48.7 Å². The zero-order chi connectivity index (χ0) is 24.3. The van der Waals surface area contributed by atoms with Crippen LogP contribution in [0.25, 0.3) is 54.9 Å². The molecule has 5 nitrogen and oxygen atoms in total. The first-order chi connectivity index (χ1) is 18.3. The second-order valence-corrected chi connectivity index (χ2v) is 9.12. The van der Waals surface area contributed by atoms with E-state index in [9.17, 15) is 0 Å². The summed E-state index contributed by atoms with van der Waals surface area (Å²) in [4.78, 5) is 11.5. The van der Waals surface area contributed by atoms with E-state index in [-0.39, 0.29) is 0 Å². The van der Waals surface area contributed by atoms with E-state index < -0.39 is 0 Å². The van der Waals surface area contributed by atoms with Crippen molar-refractivity contribution in [1.82, 2.24) is 9.97 Å². The second kappa shape index (κ2) is 7.67. The molecule has 0 saturated heterocycles. The molecule has 4 aromatic heterocycles. The molecule has 174 valence electrons.